The summed E-state index contributed by atoms with van der Waals surface area (Å²) in [6.07, 6.45) is 12.5. The molecule has 37 heavy (non-hydrogen) atoms. The first-order valence-electron chi connectivity index (χ1n) is 15.2. The molecule has 0 aliphatic rings. The van der Waals surface area contributed by atoms with E-state index in [-0.39, 0.29) is 0 Å². The minimum absolute atomic E-state index is 0.770. The van der Waals surface area contributed by atoms with Gasteiger partial charge in [-0.3, -0.25) is 0 Å². The molecule has 0 heteroatoms. The van der Waals surface area contributed by atoms with Crippen LogP contribution in [0.1, 0.15) is 146 Å². The van der Waals surface area contributed by atoms with Crippen LogP contribution in [0.25, 0.3) is 6.08 Å². The van der Waals surface area contributed by atoms with Crippen molar-refractivity contribution in [3.05, 3.63) is 78.9 Å². The highest BCUT2D eigenvalue weighted by atomic mass is 14.2. The summed E-state index contributed by atoms with van der Waals surface area (Å²) in [7, 11) is 0. The molecule has 0 aliphatic heterocycles. The molecular weight excluding hydrogens is 444 g/mol. The van der Waals surface area contributed by atoms with Crippen LogP contribution in [-0.4, -0.2) is 0 Å². The minimum Gasteiger partial charge on any atom is -0.103 e. The summed E-state index contributed by atoms with van der Waals surface area (Å²) in [4.78, 5) is 0. The molecule has 0 nitrogen and oxygen atoms in total. The Morgan fingerprint density at radius 1 is 0.757 bits per heavy atom. The van der Waals surface area contributed by atoms with Gasteiger partial charge in [0.15, 0.2) is 0 Å². The fourth-order valence-electron chi connectivity index (χ4n) is 3.24. The van der Waals surface area contributed by atoms with Gasteiger partial charge in [-0.2, -0.15) is 0 Å². The molecule has 0 N–H and O–H groups in total. The van der Waals surface area contributed by atoms with E-state index in [1.165, 1.54) is 67.2 Å². The van der Waals surface area contributed by atoms with Gasteiger partial charge in [0.1, 0.15) is 0 Å². The topological polar surface area (TPSA) is 0 Å². The normalized spacial score (nSPS) is 9.05. The number of benzene rings is 1. The second-order valence-corrected chi connectivity index (χ2v) is 8.62. The highest BCUT2D eigenvalue weighted by Gasteiger charge is 2.19. The summed E-state index contributed by atoms with van der Waals surface area (Å²) in [6.45, 7) is 44.3. The quantitative estimate of drug-likeness (QED) is 0.271. The molecule has 1 rings (SSSR count). The summed E-state index contributed by atoms with van der Waals surface area (Å²) in [5.74, 6) is 1.62. The lowest BCUT2D eigenvalue weighted by Crippen LogP contribution is -2.15. The molecule has 0 fully saturated rings. The summed E-state index contributed by atoms with van der Waals surface area (Å²) in [5.41, 5.74) is 5.11. The lowest BCUT2D eigenvalue weighted by molar-refractivity contribution is 0.291. The highest BCUT2D eigenvalue weighted by molar-refractivity contribution is 5.46. The van der Waals surface area contributed by atoms with Crippen LogP contribution in [0.15, 0.2) is 67.8 Å². The number of unbranched alkanes of at least 4 members (excludes halogenated alkanes) is 1. The fourth-order valence-corrected chi connectivity index (χ4v) is 3.24. The molecule has 0 aromatic heterocycles. The lowest BCUT2D eigenvalue weighted by atomic mass is 9.79. The van der Waals surface area contributed by atoms with Gasteiger partial charge >= 0.3 is 0 Å². The van der Waals surface area contributed by atoms with E-state index < -0.39 is 0 Å². The van der Waals surface area contributed by atoms with E-state index in [0.717, 1.165) is 11.8 Å². The summed E-state index contributed by atoms with van der Waals surface area (Å²) < 4.78 is 0. The molecule has 0 saturated heterocycles. The van der Waals surface area contributed by atoms with Gasteiger partial charge in [-0.1, -0.05) is 161 Å². The third kappa shape index (κ3) is 44.6. The van der Waals surface area contributed by atoms with Crippen molar-refractivity contribution in [2.75, 3.05) is 0 Å². The highest BCUT2D eigenvalue weighted by Crippen LogP contribution is 2.31. The molecule has 0 heterocycles. The molecule has 0 amide bonds. The van der Waals surface area contributed by atoms with Crippen LogP contribution in [-0.2, 0) is 0 Å². The number of rotatable bonds is 10. The van der Waals surface area contributed by atoms with Gasteiger partial charge in [0, 0.05) is 0 Å². The summed E-state index contributed by atoms with van der Waals surface area (Å²) >= 11 is 0. The SMILES string of the molecule is C=C(C)CC(CC(=C)C)C(CC)CCCC.C=CC.C=Cc1ccc(C)cc1.CC.CC.CC.CCC. The molecule has 1 atom stereocenters. The lowest BCUT2D eigenvalue weighted by Gasteiger charge is -2.27. The maximum atomic E-state index is 4.07. The molecule has 1 aromatic carbocycles. The Morgan fingerprint density at radius 3 is 1.35 bits per heavy atom. The van der Waals surface area contributed by atoms with Gasteiger partial charge in [-0.05, 0) is 57.9 Å². The zero-order valence-electron chi connectivity index (χ0n) is 28.4. The Kier molecular flexibility index (Phi) is 57.7. The third-order valence-electron chi connectivity index (χ3n) is 4.65. The van der Waals surface area contributed by atoms with E-state index in [1.807, 2.05) is 54.5 Å². The molecule has 1 unspecified atom stereocenters. The number of allylic oxidation sites excluding steroid dienone is 3. The molecule has 0 bridgehead atoms. The van der Waals surface area contributed by atoms with Gasteiger partial charge in [0.05, 0.1) is 0 Å². The predicted molar refractivity (Wildman–Crippen MR) is 183 cm³/mol. The number of hydrogen-bond donors (Lipinski definition) is 0. The Hall–Kier alpha value is -1.82. The van der Waals surface area contributed by atoms with Gasteiger partial charge in [0.2, 0.25) is 0 Å². The fraction of sp³-hybridized carbons (Fsp3) is 0.622. The second kappa shape index (κ2) is 44.2. The van der Waals surface area contributed by atoms with Crippen molar-refractivity contribution in [3.8, 4) is 0 Å². The van der Waals surface area contributed by atoms with Crippen LogP contribution in [0.5, 0.6) is 0 Å². The van der Waals surface area contributed by atoms with E-state index >= 15 is 0 Å². The van der Waals surface area contributed by atoms with Crippen molar-refractivity contribution in [2.45, 2.75) is 142 Å². The first-order valence-corrected chi connectivity index (χ1v) is 15.2. The zero-order valence-corrected chi connectivity index (χ0v) is 28.4. The van der Waals surface area contributed by atoms with Crippen LogP contribution in [0.3, 0.4) is 0 Å². The Morgan fingerprint density at radius 2 is 1.11 bits per heavy atom. The van der Waals surface area contributed by atoms with E-state index in [4.69, 9.17) is 0 Å². The first-order chi connectivity index (χ1) is 17.7. The second-order valence-electron chi connectivity index (χ2n) is 8.62. The summed E-state index contributed by atoms with van der Waals surface area (Å²) in [5, 5.41) is 0. The van der Waals surface area contributed by atoms with Crippen molar-refractivity contribution in [3.63, 3.8) is 0 Å². The molecule has 1 aromatic rings. The molecule has 0 radical (unpaired) electrons. The Labute approximate surface area is 238 Å². The maximum Gasteiger partial charge on any atom is -0.0262 e. The Balaban J connectivity index is -0.0000000960. The van der Waals surface area contributed by atoms with Crippen molar-refractivity contribution < 1.29 is 0 Å². The zero-order chi connectivity index (χ0) is 30.7. The number of aryl methyl sites for hydroxylation is 1. The smallest absolute Gasteiger partial charge is 0.0262 e. The van der Waals surface area contributed by atoms with E-state index in [1.54, 1.807) is 6.08 Å². The molecule has 0 spiro atoms. The van der Waals surface area contributed by atoms with Gasteiger partial charge in [-0.25, -0.2) is 0 Å². The Bertz CT molecular complexity index is 542. The van der Waals surface area contributed by atoms with Gasteiger partial charge in [-0.15, -0.1) is 19.7 Å². The van der Waals surface area contributed by atoms with Crippen molar-refractivity contribution >= 4 is 6.08 Å². The van der Waals surface area contributed by atoms with Crippen molar-refractivity contribution in [1.82, 2.24) is 0 Å². The monoisotopic (exact) mass is 517 g/mol. The number of hydrogen-bond acceptors (Lipinski definition) is 0. The van der Waals surface area contributed by atoms with Crippen LogP contribution in [0.4, 0.5) is 0 Å². The average molecular weight is 517 g/mol. The van der Waals surface area contributed by atoms with Crippen LogP contribution in [0, 0.1) is 18.8 Å². The van der Waals surface area contributed by atoms with E-state index in [0.29, 0.717) is 0 Å². The maximum absolute atomic E-state index is 4.07. The largest absolute Gasteiger partial charge is 0.103 e. The van der Waals surface area contributed by atoms with Crippen LogP contribution in [0.2, 0.25) is 0 Å². The van der Waals surface area contributed by atoms with E-state index in [2.05, 4.69) is 99.0 Å². The van der Waals surface area contributed by atoms with E-state index in [9.17, 15) is 0 Å². The average Bonchev–Trinajstić information content (AvgIpc) is 2.89. The third-order valence-corrected chi connectivity index (χ3v) is 4.65. The predicted octanol–water partition coefficient (Wildman–Crippen LogP) is 14.1. The molecule has 220 valence electrons. The van der Waals surface area contributed by atoms with Crippen LogP contribution >= 0.6 is 0 Å². The molecule has 0 aliphatic carbocycles. The van der Waals surface area contributed by atoms with Gasteiger partial charge < -0.3 is 0 Å². The molecular formula is C37H72. The first kappa shape index (κ1) is 48.3. The van der Waals surface area contributed by atoms with Crippen molar-refractivity contribution in [1.29, 1.82) is 0 Å². The van der Waals surface area contributed by atoms with Crippen LogP contribution < -0.4 is 0 Å². The van der Waals surface area contributed by atoms with Gasteiger partial charge in [0.25, 0.3) is 0 Å². The van der Waals surface area contributed by atoms with Crippen molar-refractivity contribution in [2.24, 2.45) is 11.8 Å². The summed E-state index contributed by atoms with van der Waals surface area (Å²) in [6, 6.07) is 8.28. The molecule has 0 saturated carbocycles. The minimum atomic E-state index is 0.770. The standard InChI is InChI=1S/C16H30.C9H10.C3H8.C3H6.3C2H6/c1-7-9-10-15(8-2)16(11-13(3)4)12-14(5)6;1-3-9-6-4-8(2)5-7-9;2*1-3-2;3*1-2/h15-16H,3,5,7-12H2,1-2,4,6H3;3-7H,1H2,2H3;3H2,1-2H3;3H,1H2,2H3;3*1-2H3.